The third kappa shape index (κ3) is 5.47. The van der Waals surface area contributed by atoms with Crippen LogP contribution in [0.25, 0.3) is 0 Å². The molecule has 0 unspecified atom stereocenters. The first-order valence-electron chi connectivity index (χ1n) is 6.20. The Bertz CT molecular complexity index is 191. The van der Waals surface area contributed by atoms with Crippen molar-refractivity contribution in [1.82, 2.24) is 10.2 Å². The van der Waals surface area contributed by atoms with Crippen LogP contribution in [0.15, 0.2) is 0 Å². The first kappa shape index (κ1) is 15.4. The van der Waals surface area contributed by atoms with Gasteiger partial charge in [-0.3, -0.25) is 4.79 Å². The van der Waals surface area contributed by atoms with Crippen LogP contribution in [0.4, 0.5) is 0 Å². The smallest absolute Gasteiger partial charge is 0.236 e. The maximum atomic E-state index is 11.9. The summed E-state index contributed by atoms with van der Waals surface area (Å²) in [5.41, 5.74) is 0. The molecule has 1 amide bonds. The highest BCUT2D eigenvalue weighted by molar-refractivity contribution is 5.78. The SMILES string of the molecule is CCC(CC)N(CCO)C(=O)CNC(C)C. The van der Waals surface area contributed by atoms with Crippen LogP contribution in [0, 0.1) is 0 Å². The van der Waals surface area contributed by atoms with Gasteiger partial charge in [0.1, 0.15) is 0 Å². The molecular weight excluding hydrogens is 204 g/mol. The monoisotopic (exact) mass is 230 g/mol. The van der Waals surface area contributed by atoms with E-state index in [2.05, 4.69) is 19.2 Å². The first-order valence-corrected chi connectivity index (χ1v) is 6.20. The Morgan fingerprint density at radius 3 is 2.25 bits per heavy atom. The number of carbonyl (C=O) groups excluding carboxylic acids is 1. The van der Waals surface area contributed by atoms with Gasteiger partial charge in [-0.05, 0) is 12.8 Å². The highest BCUT2D eigenvalue weighted by Gasteiger charge is 2.19. The van der Waals surface area contributed by atoms with Crippen molar-refractivity contribution >= 4 is 5.91 Å². The van der Waals surface area contributed by atoms with E-state index in [1.54, 1.807) is 4.90 Å². The summed E-state index contributed by atoms with van der Waals surface area (Å²) in [7, 11) is 0. The molecule has 0 saturated carbocycles. The average molecular weight is 230 g/mol. The minimum Gasteiger partial charge on any atom is -0.395 e. The lowest BCUT2D eigenvalue weighted by Gasteiger charge is -2.30. The number of hydrogen-bond acceptors (Lipinski definition) is 3. The molecule has 0 atom stereocenters. The first-order chi connectivity index (χ1) is 7.56. The van der Waals surface area contributed by atoms with E-state index in [1.165, 1.54) is 0 Å². The molecular formula is C12H26N2O2. The van der Waals surface area contributed by atoms with Crippen LogP contribution in [0.2, 0.25) is 0 Å². The number of aliphatic hydroxyl groups is 1. The number of carbonyl (C=O) groups is 1. The average Bonchev–Trinajstić information content (AvgIpc) is 2.26. The quantitative estimate of drug-likeness (QED) is 0.654. The Labute approximate surface area is 99.0 Å². The number of amides is 1. The minimum absolute atomic E-state index is 0.0317. The second-order valence-electron chi connectivity index (χ2n) is 4.32. The molecule has 0 aromatic carbocycles. The minimum atomic E-state index is 0.0317. The lowest BCUT2D eigenvalue weighted by molar-refractivity contribution is -0.133. The lowest BCUT2D eigenvalue weighted by Crippen LogP contribution is -2.46. The van der Waals surface area contributed by atoms with E-state index in [-0.39, 0.29) is 18.6 Å². The van der Waals surface area contributed by atoms with E-state index in [0.29, 0.717) is 19.1 Å². The Kier molecular flexibility index (Phi) is 8.21. The number of nitrogens with zero attached hydrogens (tertiary/aromatic N) is 1. The van der Waals surface area contributed by atoms with Gasteiger partial charge in [0, 0.05) is 18.6 Å². The van der Waals surface area contributed by atoms with Crippen molar-refractivity contribution in [3.8, 4) is 0 Å². The van der Waals surface area contributed by atoms with Crippen molar-refractivity contribution in [3.05, 3.63) is 0 Å². The van der Waals surface area contributed by atoms with E-state index >= 15 is 0 Å². The summed E-state index contributed by atoms with van der Waals surface area (Å²) < 4.78 is 0. The van der Waals surface area contributed by atoms with Crippen molar-refractivity contribution in [2.24, 2.45) is 0 Å². The molecule has 0 fully saturated rings. The van der Waals surface area contributed by atoms with E-state index in [1.807, 2.05) is 13.8 Å². The molecule has 0 spiro atoms. The molecule has 0 rings (SSSR count). The molecule has 4 heteroatoms. The van der Waals surface area contributed by atoms with Gasteiger partial charge in [-0.1, -0.05) is 27.7 Å². The fourth-order valence-corrected chi connectivity index (χ4v) is 1.74. The predicted molar refractivity (Wildman–Crippen MR) is 66.3 cm³/mol. The molecule has 0 aromatic rings. The van der Waals surface area contributed by atoms with Gasteiger partial charge in [0.25, 0.3) is 0 Å². The largest absolute Gasteiger partial charge is 0.395 e. The molecule has 0 aliphatic rings. The van der Waals surface area contributed by atoms with E-state index < -0.39 is 0 Å². The number of hydrogen-bond donors (Lipinski definition) is 2. The summed E-state index contributed by atoms with van der Waals surface area (Å²) in [6.45, 7) is 8.99. The summed E-state index contributed by atoms with van der Waals surface area (Å²) >= 11 is 0. The highest BCUT2D eigenvalue weighted by Crippen LogP contribution is 2.08. The maximum Gasteiger partial charge on any atom is 0.236 e. The van der Waals surface area contributed by atoms with Crippen molar-refractivity contribution in [1.29, 1.82) is 0 Å². The second kappa shape index (κ2) is 8.53. The topological polar surface area (TPSA) is 52.6 Å². The third-order valence-electron chi connectivity index (χ3n) is 2.71. The van der Waals surface area contributed by atoms with Crippen LogP contribution in [-0.4, -0.2) is 47.7 Å². The maximum absolute atomic E-state index is 11.9. The Morgan fingerprint density at radius 2 is 1.88 bits per heavy atom. The van der Waals surface area contributed by atoms with Gasteiger partial charge >= 0.3 is 0 Å². The Balaban J connectivity index is 4.32. The van der Waals surface area contributed by atoms with Gasteiger partial charge in [0.15, 0.2) is 0 Å². The fraction of sp³-hybridized carbons (Fsp3) is 0.917. The normalized spacial score (nSPS) is 11.2. The Hall–Kier alpha value is -0.610. The van der Waals surface area contributed by atoms with Gasteiger partial charge in [-0.25, -0.2) is 0 Å². The fourth-order valence-electron chi connectivity index (χ4n) is 1.74. The molecule has 0 heterocycles. The molecule has 0 aliphatic heterocycles. The van der Waals surface area contributed by atoms with E-state index in [0.717, 1.165) is 12.8 Å². The summed E-state index contributed by atoms with van der Waals surface area (Å²) in [6, 6.07) is 0.551. The summed E-state index contributed by atoms with van der Waals surface area (Å²) in [5, 5.41) is 12.1. The van der Waals surface area contributed by atoms with Crippen LogP contribution in [0.3, 0.4) is 0 Å². The zero-order chi connectivity index (χ0) is 12.6. The van der Waals surface area contributed by atoms with Gasteiger partial charge in [0.2, 0.25) is 5.91 Å². The molecule has 0 saturated heterocycles. The molecule has 0 aromatic heterocycles. The summed E-state index contributed by atoms with van der Waals surface area (Å²) in [6.07, 6.45) is 1.87. The number of nitrogens with one attached hydrogen (secondary N) is 1. The number of aliphatic hydroxyl groups excluding tert-OH is 1. The molecule has 0 aliphatic carbocycles. The Morgan fingerprint density at radius 1 is 1.31 bits per heavy atom. The van der Waals surface area contributed by atoms with Crippen molar-refractivity contribution < 1.29 is 9.90 Å². The molecule has 0 radical (unpaired) electrons. The molecule has 16 heavy (non-hydrogen) atoms. The molecule has 4 nitrogen and oxygen atoms in total. The van der Waals surface area contributed by atoms with Gasteiger partial charge in [-0.15, -0.1) is 0 Å². The third-order valence-corrected chi connectivity index (χ3v) is 2.71. The van der Waals surface area contributed by atoms with Gasteiger partial charge in [-0.2, -0.15) is 0 Å². The molecule has 96 valence electrons. The van der Waals surface area contributed by atoms with Crippen LogP contribution >= 0.6 is 0 Å². The predicted octanol–water partition coefficient (Wildman–Crippen LogP) is 0.994. The van der Waals surface area contributed by atoms with Gasteiger partial charge in [0.05, 0.1) is 13.2 Å². The molecule has 2 N–H and O–H groups in total. The summed E-state index contributed by atoms with van der Waals surface area (Å²) in [4.78, 5) is 13.7. The zero-order valence-corrected chi connectivity index (χ0v) is 11.0. The van der Waals surface area contributed by atoms with Crippen molar-refractivity contribution in [2.45, 2.75) is 52.6 Å². The van der Waals surface area contributed by atoms with Crippen LogP contribution < -0.4 is 5.32 Å². The van der Waals surface area contributed by atoms with E-state index in [9.17, 15) is 4.79 Å². The van der Waals surface area contributed by atoms with E-state index in [4.69, 9.17) is 5.11 Å². The lowest BCUT2D eigenvalue weighted by atomic mass is 10.1. The van der Waals surface area contributed by atoms with Crippen LogP contribution in [0.5, 0.6) is 0 Å². The zero-order valence-electron chi connectivity index (χ0n) is 11.0. The summed E-state index contributed by atoms with van der Waals surface area (Å²) in [5.74, 6) is 0.0800. The second-order valence-corrected chi connectivity index (χ2v) is 4.32. The standard InChI is InChI=1S/C12H26N2O2/c1-5-11(6-2)14(7-8-15)12(16)9-13-10(3)4/h10-11,13,15H,5-9H2,1-4H3. The van der Waals surface area contributed by atoms with Crippen LogP contribution in [0.1, 0.15) is 40.5 Å². The highest BCUT2D eigenvalue weighted by atomic mass is 16.3. The van der Waals surface area contributed by atoms with Gasteiger partial charge < -0.3 is 15.3 Å². The number of rotatable bonds is 8. The molecule has 0 bridgehead atoms. The van der Waals surface area contributed by atoms with Crippen LogP contribution in [-0.2, 0) is 4.79 Å². The van der Waals surface area contributed by atoms with Crippen molar-refractivity contribution in [3.63, 3.8) is 0 Å². The van der Waals surface area contributed by atoms with Crippen molar-refractivity contribution in [2.75, 3.05) is 19.7 Å².